The molecule has 1 aliphatic heterocycles. The average molecular weight is 302 g/mol. The zero-order chi connectivity index (χ0) is 15.4. The normalized spacial score (nSPS) is 18.4. The molecule has 7 heteroatoms. The van der Waals surface area contributed by atoms with Crippen molar-refractivity contribution in [2.24, 2.45) is 0 Å². The molecule has 1 fully saturated rings. The molecule has 0 unspecified atom stereocenters. The van der Waals surface area contributed by atoms with Crippen molar-refractivity contribution in [1.29, 1.82) is 0 Å². The highest BCUT2D eigenvalue weighted by Gasteiger charge is 2.18. The van der Waals surface area contributed by atoms with Crippen molar-refractivity contribution in [1.82, 2.24) is 25.1 Å². The molecule has 0 aromatic carbocycles. The number of hydrogen-bond acceptors (Lipinski definition) is 6. The van der Waals surface area contributed by atoms with Crippen LogP contribution in [0.2, 0.25) is 0 Å². The molecule has 7 nitrogen and oxygen atoms in total. The molecule has 0 bridgehead atoms. The van der Waals surface area contributed by atoms with E-state index in [-0.39, 0.29) is 6.10 Å². The van der Waals surface area contributed by atoms with Gasteiger partial charge in [0.2, 0.25) is 0 Å². The smallest absolute Gasteiger partial charge is 0.130 e. The molecule has 2 aromatic heterocycles. The van der Waals surface area contributed by atoms with Gasteiger partial charge < -0.3 is 15.4 Å². The molecule has 0 saturated carbocycles. The average Bonchev–Trinajstić information content (AvgIpc) is 2.93. The first-order valence-corrected chi connectivity index (χ1v) is 7.62. The van der Waals surface area contributed by atoms with Crippen molar-refractivity contribution in [3.8, 4) is 0 Å². The lowest BCUT2D eigenvalue weighted by Gasteiger charge is -2.23. The Morgan fingerprint density at radius 2 is 2.32 bits per heavy atom. The van der Waals surface area contributed by atoms with Gasteiger partial charge in [-0.3, -0.25) is 4.68 Å². The third kappa shape index (κ3) is 3.61. The largest absolute Gasteiger partial charge is 0.369 e. The highest BCUT2D eigenvalue weighted by Crippen LogP contribution is 2.19. The zero-order valence-corrected chi connectivity index (χ0v) is 13.0. The van der Waals surface area contributed by atoms with Crippen LogP contribution in [0.25, 0.3) is 0 Å². The van der Waals surface area contributed by atoms with E-state index in [1.807, 2.05) is 36.9 Å². The first-order valence-electron chi connectivity index (χ1n) is 7.62. The molecule has 3 rings (SSSR count). The standard InChI is InChI=1S/C15H22N6O/c1-11-3-4-18-21(11)7-5-17-15-9-13(19-12(2)20-15)14-10-16-6-8-22-14/h3-4,9,14,16H,5-8,10H2,1-2H3,(H,17,19,20)/t14-/m1/s1. The van der Waals surface area contributed by atoms with Crippen LogP contribution in [0.1, 0.15) is 23.3 Å². The van der Waals surface area contributed by atoms with Gasteiger partial charge in [0.05, 0.1) is 18.8 Å². The van der Waals surface area contributed by atoms with E-state index in [1.165, 1.54) is 0 Å². The number of ether oxygens (including phenoxy) is 1. The molecule has 0 spiro atoms. The summed E-state index contributed by atoms with van der Waals surface area (Å²) >= 11 is 0. The number of nitrogens with one attached hydrogen (secondary N) is 2. The number of nitrogens with zero attached hydrogens (tertiary/aromatic N) is 4. The monoisotopic (exact) mass is 302 g/mol. The fraction of sp³-hybridized carbons (Fsp3) is 0.533. The Bertz CT molecular complexity index is 620. The lowest BCUT2D eigenvalue weighted by Crippen LogP contribution is -2.34. The maximum atomic E-state index is 5.76. The van der Waals surface area contributed by atoms with Crippen molar-refractivity contribution in [2.45, 2.75) is 26.5 Å². The van der Waals surface area contributed by atoms with Crippen LogP contribution < -0.4 is 10.6 Å². The Hall–Kier alpha value is -1.99. The van der Waals surface area contributed by atoms with Crippen LogP contribution >= 0.6 is 0 Å². The van der Waals surface area contributed by atoms with Crippen LogP contribution in [0.3, 0.4) is 0 Å². The summed E-state index contributed by atoms with van der Waals surface area (Å²) in [4.78, 5) is 8.94. The zero-order valence-electron chi connectivity index (χ0n) is 13.0. The lowest BCUT2D eigenvalue weighted by atomic mass is 10.2. The van der Waals surface area contributed by atoms with Gasteiger partial charge in [0.25, 0.3) is 0 Å². The number of hydrogen-bond donors (Lipinski definition) is 2. The molecule has 118 valence electrons. The van der Waals surface area contributed by atoms with Gasteiger partial charge >= 0.3 is 0 Å². The van der Waals surface area contributed by atoms with Gasteiger partial charge in [0.15, 0.2) is 0 Å². The van der Waals surface area contributed by atoms with Gasteiger partial charge in [0, 0.05) is 37.6 Å². The fourth-order valence-corrected chi connectivity index (χ4v) is 2.52. The van der Waals surface area contributed by atoms with E-state index < -0.39 is 0 Å². The predicted octanol–water partition coefficient (Wildman–Crippen LogP) is 1.06. The summed E-state index contributed by atoms with van der Waals surface area (Å²) in [6, 6.07) is 3.97. The van der Waals surface area contributed by atoms with Crippen LogP contribution in [-0.4, -0.2) is 46.0 Å². The van der Waals surface area contributed by atoms with Crippen LogP contribution in [0, 0.1) is 13.8 Å². The SMILES string of the molecule is Cc1nc(NCCn2nccc2C)cc([C@H]2CNCCO2)n1. The van der Waals surface area contributed by atoms with E-state index in [0.717, 1.165) is 55.8 Å². The third-order valence-corrected chi connectivity index (χ3v) is 3.67. The Morgan fingerprint density at radius 3 is 3.05 bits per heavy atom. The van der Waals surface area contributed by atoms with E-state index in [1.54, 1.807) is 0 Å². The molecule has 1 atom stereocenters. The number of aromatic nitrogens is 4. The minimum Gasteiger partial charge on any atom is -0.369 e. The van der Waals surface area contributed by atoms with Crippen molar-refractivity contribution < 1.29 is 4.74 Å². The van der Waals surface area contributed by atoms with E-state index >= 15 is 0 Å². The number of rotatable bonds is 5. The van der Waals surface area contributed by atoms with Gasteiger partial charge in [-0.2, -0.15) is 5.10 Å². The Balaban J connectivity index is 1.63. The first-order chi connectivity index (χ1) is 10.7. The minimum atomic E-state index is 0.00404. The van der Waals surface area contributed by atoms with Gasteiger partial charge in [-0.15, -0.1) is 0 Å². The highest BCUT2D eigenvalue weighted by molar-refractivity contribution is 5.36. The molecular formula is C15H22N6O. The second-order valence-electron chi connectivity index (χ2n) is 5.41. The van der Waals surface area contributed by atoms with Crippen molar-refractivity contribution in [2.75, 3.05) is 31.6 Å². The summed E-state index contributed by atoms with van der Waals surface area (Å²) in [7, 11) is 0. The van der Waals surface area contributed by atoms with Crippen LogP contribution in [0.15, 0.2) is 18.3 Å². The number of morpholine rings is 1. The van der Waals surface area contributed by atoms with E-state index in [2.05, 4.69) is 25.7 Å². The topological polar surface area (TPSA) is 76.9 Å². The van der Waals surface area contributed by atoms with Gasteiger partial charge in [-0.05, 0) is 19.9 Å². The Labute approximate surface area is 130 Å². The molecular weight excluding hydrogens is 280 g/mol. The lowest BCUT2D eigenvalue weighted by molar-refractivity contribution is 0.0249. The van der Waals surface area contributed by atoms with E-state index in [9.17, 15) is 0 Å². The van der Waals surface area contributed by atoms with Gasteiger partial charge in [-0.1, -0.05) is 0 Å². The van der Waals surface area contributed by atoms with Gasteiger partial charge in [0.1, 0.15) is 17.7 Å². The first kappa shape index (κ1) is 14.9. The highest BCUT2D eigenvalue weighted by atomic mass is 16.5. The van der Waals surface area contributed by atoms with Crippen molar-refractivity contribution in [3.05, 3.63) is 35.5 Å². The number of anilines is 1. The maximum absolute atomic E-state index is 5.76. The Kier molecular flexibility index (Phi) is 4.65. The maximum Gasteiger partial charge on any atom is 0.130 e. The van der Waals surface area contributed by atoms with Crippen molar-refractivity contribution >= 4 is 5.82 Å². The van der Waals surface area contributed by atoms with Crippen molar-refractivity contribution in [3.63, 3.8) is 0 Å². The number of aryl methyl sites for hydroxylation is 2. The summed E-state index contributed by atoms with van der Waals surface area (Å²) in [6.45, 7) is 7.93. The van der Waals surface area contributed by atoms with Crippen LogP contribution in [0.4, 0.5) is 5.82 Å². The summed E-state index contributed by atoms with van der Waals surface area (Å²) < 4.78 is 7.73. The van der Waals surface area contributed by atoms with Crippen LogP contribution in [0.5, 0.6) is 0 Å². The summed E-state index contributed by atoms with van der Waals surface area (Å²) in [5, 5.41) is 10.9. The molecule has 0 aliphatic carbocycles. The molecule has 0 amide bonds. The van der Waals surface area contributed by atoms with Gasteiger partial charge in [-0.25, -0.2) is 9.97 Å². The molecule has 0 radical (unpaired) electrons. The van der Waals surface area contributed by atoms with E-state index in [0.29, 0.717) is 0 Å². The molecule has 22 heavy (non-hydrogen) atoms. The third-order valence-electron chi connectivity index (χ3n) is 3.67. The molecule has 2 N–H and O–H groups in total. The molecule has 1 aliphatic rings. The van der Waals surface area contributed by atoms with Crippen LogP contribution in [-0.2, 0) is 11.3 Å². The predicted molar refractivity (Wildman–Crippen MR) is 83.8 cm³/mol. The summed E-state index contributed by atoms with van der Waals surface area (Å²) in [6.07, 6.45) is 1.82. The minimum absolute atomic E-state index is 0.00404. The Morgan fingerprint density at radius 1 is 1.41 bits per heavy atom. The quantitative estimate of drug-likeness (QED) is 0.860. The fourth-order valence-electron chi connectivity index (χ4n) is 2.52. The molecule has 1 saturated heterocycles. The molecule has 2 aromatic rings. The van der Waals surface area contributed by atoms with E-state index in [4.69, 9.17) is 4.74 Å². The second kappa shape index (κ2) is 6.85. The summed E-state index contributed by atoms with van der Waals surface area (Å²) in [5.41, 5.74) is 2.08. The molecule has 3 heterocycles. The second-order valence-corrected chi connectivity index (χ2v) is 5.41. The summed E-state index contributed by atoms with van der Waals surface area (Å²) in [5.74, 6) is 1.59.